The van der Waals surface area contributed by atoms with Crippen LogP contribution in [0, 0.1) is 5.41 Å². The van der Waals surface area contributed by atoms with E-state index in [0.717, 1.165) is 12.8 Å². The van der Waals surface area contributed by atoms with Crippen LogP contribution in [-0.2, 0) is 0 Å². The Labute approximate surface area is 140 Å². The molecule has 0 aliphatic carbocycles. The highest BCUT2D eigenvalue weighted by Crippen LogP contribution is 2.22. The average Bonchev–Trinajstić information content (AvgIpc) is 2.45. The first kappa shape index (κ1) is 21.2. The summed E-state index contributed by atoms with van der Waals surface area (Å²) >= 11 is 0. The van der Waals surface area contributed by atoms with Crippen LogP contribution in [0.3, 0.4) is 0 Å². The monoisotopic (exact) mass is 304 g/mol. The maximum Gasteiger partial charge on any atom is -0.0169 e. The number of hydrogen-bond acceptors (Lipinski definition) is 0. The van der Waals surface area contributed by atoms with Crippen LogP contribution in [0.1, 0.15) is 98.3 Å². The van der Waals surface area contributed by atoms with Gasteiger partial charge in [-0.1, -0.05) is 89.8 Å². The second-order valence-electron chi connectivity index (χ2n) is 7.54. The van der Waals surface area contributed by atoms with Gasteiger partial charge in [-0.2, -0.15) is 0 Å². The van der Waals surface area contributed by atoms with Crippen LogP contribution in [0.5, 0.6) is 0 Å². The molecule has 0 nitrogen and oxygen atoms in total. The van der Waals surface area contributed by atoms with Crippen LogP contribution >= 0.6 is 0 Å². The second-order valence-corrected chi connectivity index (χ2v) is 7.54. The van der Waals surface area contributed by atoms with Crippen molar-refractivity contribution in [1.82, 2.24) is 0 Å². The lowest BCUT2D eigenvalue weighted by Crippen LogP contribution is -2.03. The van der Waals surface area contributed by atoms with Gasteiger partial charge in [-0.15, -0.1) is 0 Å². The summed E-state index contributed by atoms with van der Waals surface area (Å²) in [5.41, 5.74) is 0.505. The van der Waals surface area contributed by atoms with Gasteiger partial charge < -0.3 is 0 Å². The van der Waals surface area contributed by atoms with Crippen molar-refractivity contribution in [2.75, 3.05) is 0 Å². The maximum atomic E-state index is 2.35. The third-order valence-corrected chi connectivity index (χ3v) is 3.82. The van der Waals surface area contributed by atoms with Crippen LogP contribution in [0.4, 0.5) is 0 Å². The summed E-state index contributed by atoms with van der Waals surface area (Å²) in [6.45, 7) is 9.25. The standard InChI is InChI=1S/C22H40/c1-5-6-7-8-9-10-11-12-13-14-15-16-17-18-19-20-21-22(2,3)4/h9-10,12-13,15-16H,5-8,11,14,17-21H2,1-4H3/b10-9-,13-12+,16-15-. The van der Waals surface area contributed by atoms with Crippen molar-refractivity contribution < 1.29 is 0 Å². The Balaban J connectivity index is 3.34. The van der Waals surface area contributed by atoms with Crippen molar-refractivity contribution in [3.05, 3.63) is 36.5 Å². The zero-order valence-corrected chi connectivity index (χ0v) is 15.7. The molecule has 0 aromatic heterocycles. The summed E-state index contributed by atoms with van der Waals surface area (Å²) in [7, 11) is 0. The maximum absolute atomic E-state index is 2.35. The van der Waals surface area contributed by atoms with E-state index in [-0.39, 0.29) is 0 Å². The minimum atomic E-state index is 0.505. The van der Waals surface area contributed by atoms with E-state index in [1.165, 1.54) is 57.8 Å². The molecule has 0 aromatic rings. The Morgan fingerprint density at radius 3 is 1.59 bits per heavy atom. The molecule has 0 amide bonds. The molecule has 0 spiro atoms. The van der Waals surface area contributed by atoms with Crippen LogP contribution in [-0.4, -0.2) is 0 Å². The quantitative estimate of drug-likeness (QED) is 0.239. The number of hydrogen-bond donors (Lipinski definition) is 0. The number of unbranched alkanes of at least 4 members (excludes halogenated alkanes) is 6. The Hall–Kier alpha value is -0.780. The van der Waals surface area contributed by atoms with E-state index < -0.39 is 0 Å². The summed E-state index contributed by atoms with van der Waals surface area (Å²) in [5, 5.41) is 0. The van der Waals surface area contributed by atoms with Gasteiger partial charge >= 0.3 is 0 Å². The largest absolute Gasteiger partial charge is 0.0882 e. The van der Waals surface area contributed by atoms with Crippen molar-refractivity contribution in [1.29, 1.82) is 0 Å². The fraction of sp³-hybridized carbons (Fsp3) is 0.727. The van der Waals surface area contributed by atoms with Crippen LogP contribution in [0.2, 0.25) is 0 Å². The third kappa shape index (κ3) is 19.2. The summed E-state index contributed by atoms with van der Waals surface area (Å²) in [6.07, 6.45) is 28.0. The first-order valence-electron chi connectivity index (χ1n) is 9.51. The van der Waals surface area contributed by atoms with Gasteiger partial charge in [0.05, 0.1) is 0 Å². The van der Waals surface area contributed by atoms with Gasteiger partial charge in [0.2, 0.25) is 0 Å². The molecule has 0 unspecified atom stereocenters. The van der Waals surface area contributed by atoms with E-state index in [4.69, 9.17) is 0 Å². The van der Waals surface area contributed by atoms with Gasteiger partial charge in [0.25, 0.3) is 0 Å². The highest BCUT2D eigenvalue weighted by molar-refractivity contribution is 4.97. The predicted molar refractivity (Wildman–Crippen MR) is 103 cm³/mol. The first-order chi connectivity index (χ1) is 10.6. The van der Waals surface area contributed by atoms with Crippen molar-refractivity contribution >= 4 is 0 Å². The smallest absolute Gasteiger partial charge is 0.0169 e. The van der Waals surface area contributed by atoms with Gasteiger partial charge in [-0.3, -0.25) is 0 Å². The highest BCUT2D eigenvalue weighted by atomic mass is 14.1. The molecule has 0 radical (unpaired) electrons. The summed E-state index contributed by atoms with van der Waals surface area (Å²) in [4.78, 5) is 0. The Bertz CT molecular complexity index is 298. The first-order valence-corrected chi connectivity index (χ1v) is 9.51. The van der Waals surface area contributed by atoms with Crippen molar-refractivity contribution in [2.24, 2.45) is 5.41 Å². The van der Waals surface area contributed by atoms with Gasteiger partial charge in [0, 0.05) is 0 Å². The molecule has 0 saturated carbocycles. The lowest BCUT2D eigenvalue weighted by Gasteiger charge is -2.17. The lowest BCUT2D eigenvalue weighted by molar-refractivity contribution is 0.358. The fourth-order valence-electron chi connectivity index (χ4n) is 2.38. The molecule has 0 heteroatoms. The SMILES string of the molecule is CCCCC/C=C\C/C=C/C/C=C\CCCCCC(C)(C)C. The molecule has 0 saturated heterocycles. The molecular formula is C22H40. The van der Waals surface area contributed by atoms with Crippen molar-refractivity contribution in [2.45, 2.75) is 98.3 Å². The van der Waals surface area contributed by atoms with E-state index in [2.05, 4.69) is 64.2 Å². The van der Waals surface area contributed by atoms with E-state index in [1.807, 2.05) is 0 Å². The fourth-order valence-corrected chi connectivity index (χ4v) is 2.38. The predicted octanol–water partition coefficient (Wildman–Crippen LogP) is 8.01. The second kappa shape index (κ2) is 15.1. The summed E-state index contributed by atoms with van der Waals surface area (Å²) < 4.78 is 0. The van der Waals surface area contributed by atoms with E-state index in [0.29, 0.717) is 5.41 Å². The summed E-state index contributed by atoms with van der Waals surface area (Å²) in [6, 6.07) is 0. The molecule has 0 N–H and O–H groups in total. The van der Waals surface area contributed by atoms with Gasteiger partial charge in [-0.05, 0) is 50.4 Å². The molecule has 0 aliphatic heterocycles. The minimum absolute atomic E-state index is 0.505. The molecule has 0 aliphatic rings. The van der Waals surface area contributed by atoms with E-state index >= 15 is 0 Å². The van der Waals surface area contributed by atoms with Crippen LogP contribution in [0.15, 0.2) is 36.5 Å². The molecule has 0 fully saturated rings. The van der Waals surface area contributed by atoms with E-state index in [9.17, 15) is 0 Å². The topological polar surface area (TPSA) is 0 Å². The lowest BCUT2D eigenvalue weighted by atomic mass is 9.89. The molecule has 0 aromatic carbocycles. The third-order valence-electron chi connectivity index (χ3n) is 3.82. The number of rotatable bonds is 13. The molecule has 22 heavy (non-hydrogen) atoms. The molecule has 0 heterocycles. The van der Waals surface area contributed by atoms with Crippen LogP contribution in [0.25, 0.3) is 0 Å². The van der Waals surface area contributed by atoms with Gasteiger partial charge in [-0.25, -0.2) is 0 Å². The molecule has 128 valence electrons. The summed E-state index contributed by atoms with van der Waals surface area (Å²) in [5.74, 6) is 0. The average molecular weight is 305 g/mol. The highest BCUT2D eigenvalue weighted by Gasteiger charge is 2.08. The normalized spacial score (nSPS) is 13.1. The zero-order chi connectivity index (χ0) is 16.5. The Morgan fingerprint density at radius 2 is 1.09 bits per heavy atom. The zero-order valence-electron chi connectivity index (χ0n) is 15.7. The van der Waals surface area contributed by atoms with Crippen molar-refractivity contribution in [3.63, 3.8) is 0 Å². The van der Waals surface area contributed by atoms with Crippen LogP contribution < -0.4 is 0 Å². The van der Waals surface area contributed by atoms with Crippen molar-refractivity contribution in [3.8, 4) is 0 Å². The molecular weight excluding hydrogens is 264 g/mol. The number of allylic oxidation sites excluding steroid dienone is 6. The Kier molecular flexibility index (Phi) is 14.6. The van der Waals surface area contributed by atoms with Gasteiger partial charge in [0.1, 0.15) is 0 Å². The molecule has 0 atom stereocenters. The van der Waals surface area contributed by atoms with Gasteiger partial charge in [0.15, 0.2) is 0 Å². The van der Waals surface area contributed by atoms with E-state index in [1.54, 1.807) is 0 Å². The Morgan fingerprint density at radius 1 is 0.591 bits per heavy atom. The molecule has 0 rings (SSSR count). The molecule has 0 bridgehead atoms. The minimum Gasteiger partial charge on any atom is -0.0882 e.